The van der Waals surface area contributed by atoms with E-state index in [0.29, 0.717) is 11.6 Å². The van der Waals surface area contributed by atoms with Crippen molar-refractivity contribution in [1.82, 2.24) is 4.90 Å². The molecule has 0 spiro atoms. The number of ether oxygens (including phenoxy) is 1. The highest BCUT2D eigenvalue weighted by molar-refractivity contribution is 4.98. The van der Waals surface area contributed by atoms with Crippen LogP contribution < -0.4 is 0 Å². The normalized spacial score (nSPS) is 25.9. The summed E-state index contributed by atoms with van der Waals surface area (Å²) >= 11 is 0. The summed E-state index contributed by atoms with van der Waals surface area (Å²) in [6.07, 6.45) is 7.97. The Morgan fingerprint density at radius 2 is 1.75 bits per heavy atom. The Bertz CT molecular complexity index is 185. The lowest BCUT2D eigenvalue weighted by atomic mass is 9.79. The molecule has 1 aliphatic heterocycles. The van der Waals surface area contributed by atoms with E-state index in [9.17, 15) is 0 Å². The molecule has 0 aromatic carbocycles. The van der Waals surface area contributed by atoms with Crippen molar-refractivity contribution in [1.29, 1.82) is 0 Å². The third-order valence-electron chi connectivity index (χ3n) is 4.02. The predicted octanol–water partition coefficient (Wildman–Crippen LogP) is 3.46. The molecule has 1 atom stereocenters. The zero-order chi connectivity index (χ0) is 12.0. The lowest BCUT2D eigenvalue weighted by Crippen LogP contribution is -2.60. The van der Waals surface area contributed by atoms with Crippen molar-refractivity contribution in [2.75, 3.05) is 20.2 Å². The number of hydrogen-bond donors (Lipinski definition) is 0. The van der Waals surface area contributed by atoms with E-state index in [1.54, 1.807) is 0 Å². The number of likely N-dealkylation sites (N-methyl/N-ethyl adjacent to an activating group) is 1. The van der Waals surface area contributed by atoms with Crippen LogP contribution in [0.25, 0.3) is 0 Å². The van der Waals surface area contributed by atoms with E-state index in [-0.39, 0.29) is 0 Å². The standard InChI is InChI=1S/C14H29NO/c1-5-8-13-14(9-6-2,10-7-3)15(4)11-12-16-13/h13H,5-12H2,1-4H3. The molecule has 1 rings (SSSR count). The van der Waals surface area contributed by atoms with Crippen LogP contribution in [0.15, 0.2) is 0 Å². The van der Waals surface area contributed by atoms with Crippen molar-refractivity contribution in [3.63, 3.8) is 0 Å². The van der Waals surface area contributed by atoms with Gasteiger partial charge in [-0.05, 0) is 26.3 Å². The minimum atomic E-state index is 0.317. The topological polar surface area (TPSA) is 12.5 Å². The zero-order valence-corrected chi connectivity index (χ0v) is 11.6. The van der Waals surface area contributed by atoms with Gasteiger partial charge in [-0.15, -0.1) is 0 Å². The second-order valence-electron chi connectivity index (χ2n) is 5.17. The third kappa shape index (κ3) is 2.78. The molecule has 2 heteroatoms. The van der Waals surface area contributed by atoms with Crippen molar-refractivity contribution in [2.45, 2.75) is 70.9 Å². The Kier molecular flexibility index (Phi) is 5.77. The molecule has 0 amide bonds. The van der Waals surface area contributed by atoms with Gasteiger partial charge in [0.1, 0.15) is 0 Å². The smallest absolute Gasteiger partial charge is 0.0759 e. The van der Waals surface area contributed by atoms with E-state index >= 15 is 0 Å². The Balaban J connectivity index is 2.83. The van der Waals surface area contributed by atoms with Crippen LogP contribution in [0.5, 0.6) is 0 Å². The second-order valence-corrected chi connectivity index (χ2v) is 5.17. The summed E-state index contributed by atoms with van der Waals surface area (Å²) in [6, 6.07) is 0. The molecule has 0 aromatic heterocycles. The van der Waals surface area contributed by atoms with Crippen molar-refractivity contribution in [3.8, 4) is 0 Å². The van der Waals surface area contributed by atoms with E-state index in [4.69, 9.17) is 4.74 Å². The molecule has 1 unspecified atom stereocenters. The number of morpholine rings is 1. The molecule has 0 saturated carbocycles. The quantitative estimate of drug-likeness (QED) is 0.689. The summed E-state index contributed by atoms with van der Waals surface area (Å²) in [4.78, 5) is 2.57. The van der Waals surface area contributed by atoms with Gasteiger partial charge in [0, 0.05) is 12.1 Å². The van der Waals surface area contributed by atoms with Crippen LogP contribution in [0, 0.1) is 0 Å². The fraction of sp³-hybridized carbons (Fsp3) is 1.00. The molecular weight excluding hydrogens is 198 g/mol. The third-order valence-corrected chi connectivity index (χ3v) is 4.02. The Morgan fingerprint density at radius 3 is 2.25 bits per heavy atom. The van der Waals surface area contributed by atoms with Crippen molar-refractivity contribution >= 4 is 0 Å². The molecule has 96 valence electrons. The van der Waals surface area contributed by atoms with Crippen LogP contribution in [0.4, 0.5) is 0 Å². The highest BCUT2D eigenvalue weighted by atomic mass is 16.5. The molecule has 2 nitrogen and oxygen atoms in total. The molecule has 16 heavy (non-hydrogen) atoms. The molecular formula is C14H29NO. The van der Waals surface area contributed by atoms with Gasteiger partial charge in [0.25, 0.3) is 0 Å². The first-order chi connectivity index (χ1) is 7.71. The number of rotatable bonds is 6. The van der Waals surface area contributed by atoms with Crippen LogP contribution in [0.1, 0.15) is 59.3 Å². The van der Waals surface area contributed by atoms with Crippen molar-refractivity contribution in [2.24, 2.45) is 0 Å². The predicted molar refractivity (Wildman–Crippen MR) is 69.8 cm³/mol. The highest BCUT2D eigenvalue weighted by Gasteiger charge is 2.43. The average molecular weight is 227 g/mol. The van der Waals surface area contributed by atoms with Gasteiger partial charge in [-0.1, -0.05) is 40.0 Å². The summed E-state index contributed by atoms with van der Waals surface area (Å²) in [5.74, 6) is 0. The van der Waals surface area contributed by atoms with Crippen LogP contribution in [-0.2, 0) is 4.74 Å². The maximum Gasteiger partial charge on any atom is 0.0759 e. The van der Waals surface area contributed by atoms with Crippen molar-refractivity contribution in [3.05, 3.63) is 0 Å². The van der Waals surface area contributed by atoms with E-state index in [2.05, 4.69) is 32.7 Å². The van der Waals surface area contributed by atoms with Gasteiger partial charge < -0.3 is 4.74 Å². The maximum atomic E-state index is 6.07. The minimum absolute atomic E-state index is 0.317. The van der Waals surface area contributed by atoms with Gasteiger partial charge in [0.2, 0.25) is 0 Å². The highest BCUT2D eigenvalue weighted by Crippen LogP contribution is 2.36. The molecule has 1 fully saturated rings. The Hall–Kier alpha value is -0.0800. The molecule has 1 aliphatic rings. The zero-order valence-electron chi connectivity index (χ0n) is 11.6. The summed E-state index contributed by atoms with van der Waals surface area (Å²) in [6.45, 7) is 8.86. The van der Waals surface area contributed by atoms with E-state index in [0.717, 1.165) is 13.2 Å². The first-order valence-electron chi connectivity index (χ1n) is 7.04. The maximum absolute atomic E-state index is 6.07. The van der Waals surface area contributed by atoms with Crippen LogP contribution in [0.2, 0.25) is 0 Å². The van der Waals surface area contributed by atoms with Crippen LogP contribution in [0.3, 0.4) is 0 Å². The van der Waals surface area contributed by atoms with Gasteiger partial charge in [-0.25, -0.2) is 0 Å². The molecule has 1 heterocycles. The first kappa shape index (κ1) is 14.0. The van der Waals surface area contributed by atoms with E-state index in [1.165, 1.54) is 38.5 Å². The average Bonchev–Trinajstić information content (AvgIpc) is 2.26. The summed E-state index contributed by atoms with van der Waals surface area (Å²) in [7, 11) is 2.29. The largest absolute Gasteiger partial charge is 0.375 e. The molecule has 0 aromatic rings. The van der Waals surface area contributed by atoms with Gasteiger partial charge in [-0.3, -0.25) is 4.90 Å². The van der Waals surface area contributed by atoms with Gasteiger partial charge >= 0.3 is 0 Å². The molecule has 1 saturated heterocycles. The van der Waals surface area contributed by atoms with Crippen LogP contribution in [-0.4, -0.2) is 36.7 Å². The van der Waals surface area contributed by atoms with Gasteiger partial charge in [-0.2, -0.15) is 0 Å². The van der Waals surface area contributed by atoms with Gasteiger partial charge in [0.15, 0.2) is 0 Å². The van der Waals surface area contributed by atoms with E-state index < -0.39 is 0 Å². The molecule has 0 bridgehead atoms. The van der Waals surface area contributed by atoms with E-state index in [1.807, 2.05) is 0 Å². The lowest BCUT2D eigenvalue weighted by molar-refractivity contribution is -0.128. The summed E-state index contributed by atoms with van der Waals surface area (Å²) in [5, 5.41) is 0. The van der Waals surface area contributed by atoms with Gasteiger partial charge in [0.05, 0.1) is 12.7 Å². The molecule has 0 aliphatic carbocycles. The molecule has 0 radical (unpaired) electrons. The fourth-order valence-corrected chi connectivity index (χ4v) is 3.26. The van der Waals surface area contributed by atoms with Crippen molar-refractivity contribution < 1.29 is 4.74 Å². The second kappa shape index (κ2) is 6.61. The number of nitrogens with zero attached hydrogens (tertiary/aromatic N) is 1. The number of hydrogen-bond acceptors (Lipinski definition) is 2. The summed E-state index contributed by atoms with van der Waals surface area (Å²) < 4.78 is 6.07. The Labute approximate surface area is 101 Å². The molecule has 0 N–H and O–H groups in total. The Morgan fingerprint density at radius 1 is 1.12 bits per heavy atom. The summed E-state index contributed by atoms with van der Waals surface area (Å²) in [5.41, 5.74) is 0.317. The SMILES string of the molecule is CCCC1OCCN(C)C1(CCC)CCC. The monoisotopic (exact) mass is 227 g/mol. The first-order valence-corrected chi connectivity index (χ1v) is 7.04. The van der Waals surface area contributed by atoms with Crippen LogP contribution >= 0.6 is 0 Å². The fourth-order valence-electron chi connectivity index (χ4n) is 3.26. The lowest BCUT2D eigenvalue weighted by Gasteiger charge is -2.51. The minimum Gasteiger partial charge on any atom is -0.375 e.